The van der Waals surface area contributed by atoms with Crippen molar-refractivity contribution in [1.82, 2.24) is 5.43 Å². The lowest BCUT2D eigenvalue weighted by atomic mass is 9.95. The zero-order chi connectivity index (χ0) is 14.5. The molecule has 0 aromatic heterocycles. The molecule has 0 aromatic rings. The highest BCUT2D eigenvalue weighted by Crippen LogP contribution is 2.17. The van der Waals surface area contributed by atoms with Crippen LogP contribution in [0.1, 0.15) is 79.1 Å². The maximum absolute atomic E-state index is 5.82. The molecule has 0 rings (SSSR count). The van der Waals surface area contributed by atoms with Gasteiger partial charge in [0, 0.05) is 12.6 Å². The van der Waals surface area contributed by atoms with E-state index in [-0.39, 0.29) is 12.1 Å². The molecular formula is C16H36N2O. The smallest absolute Gasteiger partial charge is 0.0764 e. The highest BCUT2D eigenvalue weighted by Gasteiger charge is 2.23. The molecule has 3 nitrogen and oxygen atoms in total. The Morgan fingerprint density at radius 1 is 0.947 bits per heavy atom. The van der Waals surface area contributed by atoms with E-state index in [9.17, 15) is 0 Å². The Balaban J connectivity index is 3.78. The van der Waals surface area contributed by atoms with Gasteiger partial charge in [0.15, 0.2) is 0 Å². The Morgan fingerprint density at radius 2 is 1.53 bits per heavy atom. The first kappa shape index (κ1) is 18.9. The molecule has 0 saturated heterocycles. The maximum atomic E-state index is 5.82. The normalized spacial score (nSPS) is 14.8. The van der Waals surface area contributed by atoms with Crippen molar-refractivity contribution in [3.05, 3.63) is 0 Å². The number of hydrogen-bond acceptors (Lipinski definition) is 3. The van der Waals surface area contributed by atoms with Crippen molar-refractivity contribution < 1.29 is 4.74 Å². The molecule has 0 amide bonds. The standard InChI is InChI=1S/C16H36N2O/c1-5-7-8-9-10-11-12-13-15(18-17)16(14(3)4)19-6-2/h14-16,18H,5-13,17H2,1-4H3. The number of unbranched alkanes of at least 4 members (excludes halogenated alkanes) is 6. The fraction of sp³-hybridized carbons (Fsp3) is 1.00. The van der Waals surface area contributed by atoms with Crippen LogP contribution in [0.2, 0.25) is 0 Å². The molecule has 2 unspecified atom stereocenters. The Bertz CT molecular complexity index is 186. The predicted molar refractivity (Wildman–Crippen MR) is 84.0 cm³/mol. The first-order valence-corrected chi connectivity index (χ1v) is 8.25. The van der Waals surface area contributed by atoms with Crippen molar-refractivity contribution in [2.75, 3.05) is 6.61 Å². The summed E-state index contributed by atoms with van der Waals surface area (Å²) in [7, 11) is 0. The van der Waals surface area contributed by atoms with Crippen LogP contribution >= 0.6 is 0 Å². The zero-order valence-corrected chi connectivity index (χ0v) is 13.6. The molecule has 0 aliphatic heterocycles. The van der Waals surface area contributed by atoms with Crippen LogP contribution in [0.15, 0.2) is 0 Å². The highest BCUT2D eigenvalue weighted by molar-refractivity contribution is 4.77. The summed E-state index contributed by atoms with van der Waals surface area (Å²) in [4.78, 5) is 0. The molecule has 2 atom stereocenters. The van der Waals surface area contributed by atoms with Gasteiger partial charge in [-0.3, -0.25) is 11.3 Å². The van der Waals surface area contributed by atoms with Crippen LogP contribution in [0.3, 0.4) is 0 Å². The monoisotopic (exact) mass is 272 g/mol. The summed E-state index contributed by atoms with van der Waals surface area (Å²) in [6.45, 7) is 9.48. The SMILES string of the molecule is CCCCCCCCCC(NN)C(OCC)C(C)C. The number of rotatable bonds is 13. The molecule has 116 valence electrons. The van der Waals surface area contributed by atoms with Crippen LogP contribution in [-0.2, 0) is 4.74 Å². The van der Waals surface area contributed by atoms with Gasteiger partial charge in [0.2, 0.25) is 0 Å². The third-order valence-electron chi connectivity index (χ3n) is 3.75. The molecule has 0 heterocycles. The number of nitrogens with one attached hydrogen (secondary N) is 1. The topological polar surface area (TPSA) is 47.3 Å². The molecule has 0 aromatic carbocycles. The van der Waals surface area contributed by atoms with Crippen molar-refractivity contribution in [1.29, 1.82) is 0 Å². The molecule has 3 N–H and O–H groups in total. The van der Waals surface area contributed by atoms with E-state index in [1.165, 1.54) is 44.9 Å². The van der Waals surface area contributed by atoms with Gasteiger partial charge in [-0.05, 0) is 19.3 Å². The lowest BCUT2D eigenvalue weighted by Crippen LogP contribution is -2.47. The minimum absolute atomic E-state index is 0.232. The summed E-state index contributed by atoms with van der Waals surface area (Å²) in [5.74, 6) is 6.20. The first-order chi connectivity index (χ1) is 9.17. The van der Waals surface area contributed by atoms with E-state index in [2.05, 4.69) is 33.1 Å². The van der Waals surface area contributed by atoms with Crippen molar-refractivity contribution in [2.24, 2.45) is 11.8 Å². The van der Waals surface area contributed by atoms with E-state index in [4.69, 9.17) is 10.6 Å². The Labute approximate surface area is 120 Å². The van der Waals surface area contributed by atoms with Gasteiger partial charge in [0.1, 0.15) is 0 Å². The molecule has 0 saturated carbocycles. The predicted octanol–water partition coefficient (Wildman–Crippen LogP) is 4.02. The van der Waals surface area contributed by atoms with Gasteiger partial charge < -0.3 is 4.74 Å². The number of nitrogens with two attached hydrogens (primary N) is 1. The van der Waals surface area contributed by atoms with Crippen LogP contribution in [0.25, 0.3) is 0 Å². The van der Waals surface area contributed by atoms with Crippen molar-refractivity contribution in [3.8, 4) is 0 Å². The maximum Gasteiger partial charge on any atom is 0.0764 e. The van der Waals surface area contributed by atoms with Gasteiger partial charge in [0.25, 0.3) is 0 Å². The molecule has 0 aliphatic carbocycles. The molecule has 3 heteroatoms. The Morgan fingerprint density at radius 3 is 2.00 bits per heavy atom. The van der Waals surface area contributed by atoms with Gasteiger partial charge in [-0.1, -0.05) is 65.7 Å². The third-order valence-corrected chi connectivity index (χ3v) is 3.75. The minimum Gasteiger partial charge on any atom is -0.377 e. The third kappa shape index (κ3) is 9.42. The molecule has 0 radical (unpaired) electrons. The molecule has 0 aliphatic rings. The van der Waals surface area contributed by atoms with Gasteiger partial charge in [-0.2, -0.15) is 0 Å². The van der Waals surface area contributed by atoms with Crippen molar-refractivity contribution in [3.63, 3.8) is 0 Å². The quantitative estimate of drug-likeness (QED) is 0.302. The van der Waals surface area contributed by atoms with Gasteiger partial charge >= 0.3 is 0 Å². The average molecular weight is 272 g/mol. The number of ether oxygens (including phenoxy) is 1. The second-order valence-corrected chi connectivity index (χ2v) is 5.85. The van der Waals surface area contributed by atoms with Crippen LogP contribution < -0.4 is 11.3 Å². The van der Waals surface area contributed by atoms with Gasteiger partial charge in [-0.25, -0.2) is 0 Å². The van der Waals surface area contributed by atoms with Crippen LogP contribution in [0.4, 0.5) is 0 Å². The molecule has 0 spiro atoms. The van der Waals surface area contributed by atoms with E-state index in [1.807, 2.05) is 0 Å². The van der Waals surface area contributed by atoms with Crippen molar-refractivity contribution >= 4 is 0 Å². The second kappa shape index (κ2) is 12.9. The summed E-state index contributed by atoms with van der Waals surface area (Å²) >= 11 is 0. The summed E-state index contributed by atoms with van der Waals surface area (Å²) in [6.07, 6.45) is 10.8. The Hall–Kier alpha value is -0.120. The summed E-state index contributed by atoms with van der Waals surface area (Å²) in [5, 5.41) is 0. The fourth-order valence-electron chi connectivity index (χ4n) is 2.63. The highest BCUT2D eigenvalue weighted by atomic mass is 16.5. The Kier molecular flexibility index (Phi) is 12.8. The summed E-state index contributed by atoms with van der Waals surface area (Å²) in [6, 6.07) is 0.288. The molecule has 19 heavy (non-hydrogen) atoms. The van der Waals surface area contributed by atoms with Gasteiger partial charge in [-0.15, -0.1) is 0 Å². The van der Waals surface area contributed by atoms with E-state index >= 15 is 0 Å². The van der Waals surface area contributed by atoms with Crippen LogP contribution in [0.5, 0.6) is 0 Å². The fourth-order valence-corrected chi connectivity index (χ4v) is 2.63. The summed E-state index contributed by atoms with van der Waals surface area (Å²) in [5.41, 5.74) is 2.95. The lowest BCUT2D eigenvalue weighted by molar-refractivity contribution is 0.000863. The molecular weight excluding hydrogens is 236 g/mol. The largest absolute Gasteiger partial charge is 0.377 e. The number of hydrogen-bond donors (Lipinski definition) is 2. The van der Waals surface area contributed by atoms with E-state index < -0.39 is 0 Å². The van der Waals surface area contributed by atoms with Gasteiger partial charge in [0.05, 0.1) is 6.10 Å². The molecule has 0 bridgehead atoms. The zero-order valence-electron chi connectivity index (χ0n) is 13.6. The second-order valence-electron chi connectivity index (χ2n) is 5.85. The lowest BCUT2D eigenvalue weighted by Gasteiger charge is -2.29. The van der Waals surface area contributed by atoms with Crippen LogP contribution in [-0.4, -0.2) is 18.8 Å². The molecule has 0 fully saturated rings. The first-order valence-electron chi connectivity index (χ1n) is 8.25. The van der Waals surface area contributed by atoms with E-state index in [1.54, 1.807) is 0 Å². The average Bonchev–Trinajstić information content (AvgIpc) is 2.40. The summed E-state index contributed by atoms with van der Waals surface area (Å²) < 4.78 is 5.82. The van der Waals surface area contributed by atoms with E-state index in [0.717, 1.165) is 13.0 Å². The van der Waals surface area contributed by atoms with Crippen LogP contribution in [0, 0.1) is 5.92 Å². The van der Waals surface area contributed by atoms with Crippen molar-refractivity contribution in [2.45, 2.75) is 91.2 Å². The minimum atomic E-state index is 0.232. The van der Waals surface area contributed by atoms with E-state index in [0.29, 0.717) is 5.92 Å². The number of hydrazine groups is 1.